The molecule has 4 aromatic heterocycles. The molecule has 0 spiro atoms. The van der Waals surface area contributed by atoms with E-state index in [0.717, 1.165) is 77.0 Å². The first-order valence-corrected chi connectivity index (χ1v) is 20.5. The van der Waals surface area contributed by atoms with Crippen molar-refractivity contribution in [2.24, 2.45) is 0 Å². The normalized spacial score (nSPS) is 11.7. The second-order valence-electron chi connectivity index (χ2n) is 14.7. The van der Waals surface area contributed by atoms with Crippen LogP contribution in [0.15, 0.2) is 194 Å². The first kappa shape index (κ1) is 33.4. The molecule has 12 rings (SSSR count). The maximum Gasteiger partial charge on any atom is 0.164 e. The van der Waals surface area contributed by atoms with Crippen LogP contribution in [0.25, 0.3) is 110 Å². The molecule has 0 aliphatic rings. The molecule has 59 heavy (non-hydrogen) atoms. The van der Waals surface area contributed by atoms with E-state index in [1.165, 1.54) is 15.5 Å². The van der Waals surface area contributed by atoms with Crippen molar-refractivity contribution >= 4 is 64.3 Å². The van der Waals surface area contributed by atoms with Crippen LogP contribution in [-0.2, 0) is 0 Å². The number of benzene rings is 8. The number of hydrogen-bond donors (Lipinski definition) is 0. The summed E-state index contributed by atoms with van der Waals surface area (Å²) in [5.41, 5.74) is 10.3. The highest BCUT2D eigenvalue weighted by atomic mass is 32.1. The average molecular weight is 773 g/mol. The number of imidazole rings is 1. The van der Waals surface area contributed by atoms with Crippen molar-refractivity contribution in [3.05, 3.63) is 194 Å². The van der Waals surface area contributed by atoms with Gasteiger partial charge >= 0.3 is 0 Å². The minimum Gasteiger partial charge on any atom is -0.309 e. The van der Waals surface area contributed by atoms with E-state index >= 15 is 0 Å². The van der Waals surface area contributed by atoms with Crippen molar-refractivity contribution in [1.82, 2.24) is 29.1 Å². The van der Waals surface area contributed by atoms with Crippen LogP contribution in [0.5, 0.6) is 0 Å². The fraction of sp³-hybridized carbons (Fsp3) is 0. The predicted octanol–water partition coefficient (Wildman–Crippen LogP) is 13.3. The van der Waals surface area contributed by atoms with Crippen molar-refractivity contribution in [2.75, 3.05) is 0 Å². The van der Waals surface area contributed by atoms with Gasteiger partial charge in [-0.05, 0) is 60.7 Å². The maximum absolute atomic E-state index is 5.32. The third-order valence-corrected chi connectivity index (χ3v) is 12.4. The molecule has 0 radical (unpaired) electrons. The molecule has 7 heteroatoms. The molecule has 0 amide bonds. The summed E-state index contributed by atoms with van der Waals surface area (Å²) in [5.74, 6) is 2.79. The highest BCUT2D eigenvalue weighted by Gasteiger charge is 2.22. The van der Waals surface area contributed by atoms with E-state index in [9.17, 15) is 0 Å². The average Bonchev–Trinajstić information content (AvgIpc) is 3.99. The molecule has 0 aliphatic heterocycles. The van der Waals surface area contributed by atoms with Crippen molar-refractivity contribution in [1.29, 1.82) is 0 Å². The highest BCUT2D eigenvalue weighted by Crippen LogP contribution is 2.44. The van der Waals surface area contributed by atoms with E-state index in [1.807, 2.05) is 18.2 Å². The summed E-state index contributed by atoms with van der Waals surface area (Å²) in [6.45, 7) is 0. The third kappa shape index (κ3) is 5.40. The van der Waals surface area contributed by atoms with Crippen LogP contribution >= 0.6 is 11.3 Å². The quantitative estimate of drug-likeness (QED) is 0.169. The van der Waals surface area contributed by atoms with Crippen LogP contribution in [0.2, 0.25) is 0 Å². The molecule has 0 fully saturated rings. The summed E-state index contributed by atoms with van der Waals surface area (Å²) < 4.78 is 6.92. The topological polar surface area (TPSA) is 61.4 Å². The molecule has 0 aliphatic carbocycles. The van der Waals surface area contributed by atoms with Gasteiger partial charge in [-0.1, -0.05) is 133 Å². The molecule has 0 atom stereocenters. The van der Waals surface area contributed by atoms with Crippen molar-refractivity contribution < 1.29 is 0 Å². The maximum atomic E-state index is 5.32. The van der Waals surface area contributed by atoms with Gasteiger partial charge in [0.2, 0.25) is 0 Å². The molecule has 0 saturated carbocycles. The number of aromatic nitrogens is 6. The molecule has 6 nitrogen and oxygen atoms in total. The van der Waals surface area contributed by atoms with Gasteiger partial charge in [0, 0.05) is 64.6 Å². The van der Waals surface area contributed by atoms with Gasteiger partial charge in [0.1, 0.15) is 5.82 Å². The first-order chi connectivity index (χ1) is 29.3. The Balaban J connectivity index is 1.08. The Kier molecular flexibility index (Phi) is 7.61. The number of nitrogens with zero attached hydrogens (tertiary/aromatic N) is 6. The standard InChI is InChI=1S/C52H32N6S/c1-4-16-33(17-5-1)49-54-50(34-30-31-38-37-22-10-12-27-43(37)57(45(38)32-34)35-18-6-2-7-19-35)56-51(55-49)40-24-15-29-46-47(40)39-23-14-25-41(48(39)59-46)52-53-42-26-11-13-28-44(42)58(52)36-20-8-3-9-21-36/h1-32H. The largest absolute Gasteiger partial charge is 0.309 e. The zero-order chi connectivity index (χ0) is 38.9. The summed E-state index contributed by atoms with van der Waals surface area (Å²) in [6, 6.07) is 67.7. The van der Waals surface area contributed by atoms with E-state index in [2.05, 4.69) is 185 Å². The molecule has 0 N–H and O–H groups in total. The third-order valence-electron chi connectivity index (χ3n) is 11.2. The predicted molar refractivity (Wildman–Crippen MR) is 243 cm³/mol. The minimum atomic E-state index is 0.620. The number of hydrogen-bond acceptors (Lipinski definition) is 5. The van der Waals surface area contributed by atoms with E-state index < -0.39 is 0 Å². The molecule has 4 heterocycles. The first-order valence-electron chi connectivity index (χ1n) is 19.7. The Morgan fingerprint density at radius 3 is 1.76 bits per heavy atom. The van der Waals surface area contributed by atoms with Gasteiger partial charge in [0.15, 0.2) is 17.5 Å². The van der Waals surface area contributed by atoms with Gasteiger partial charge in [-0.25, -0.2) is 19.9 Å². The van der Waals surface area contributed by atoms with Crippen molar-refractivity contribution in [3.63, 3.8) is 0 Å². The minimum absolute atomic E-state index is 0.620. The summed E-state index contributed by atoms with van der Waals surface area (Å²) in [7, 11) is 0. The van der Waals surface area contributed by atoms with Gasteiger partial charge in [0.25, 0.3) is 0 Å². The molecule has 0 saturated heterocycles. The summed E-state index contributed by atoms with van der Waals surface area (Å²) in [4.78, 5) is 21.0. The van der Waals surface area contributed by atoms with Gasteiger partial charge in [-0.2, -0.15) is 0 Å². The Morgan fingerprint density at radius 2 is 0.966 bits per heavy atom. The van der Waals surface area contributed by atoms with Gasteiger partial charge in [0.05, 0.1) is 22.1 Å². The van der Waals surface area contributed by atoms with Crippen LogP contribution in [0.4, 0.5) is 0 Å². The smallest absolute Gasteiger partial charge is 0.164 e. The lowest BCUT2D eigenvalue weighted by Gasteiger charge is -2.11. The van der Waals surface area contributed by atoms with E-state index in [1.54, 1.807) is 11.3 Å². The Bertz CT molecular complexity index is 3550. The Labute approximate surface area is 343 Å². The molecule has 276 valence electrons. The second kappa shape index (κ2) is 13.4. The molecule has 12 aromatic rings. The number of para-hydroxylation sites is 5. The van der Waals surface area contributed by atoms with Gasteiger partial charge in [-0.15, -0.1) is 11.3 Å². The molecular weight excluding hydrogens is 741 g/mol. The van der Waals surface area contributed by atoms with E-state index in [-0.39, 0.29) is 0 Å². The van der Waals surface area contributed by atoms with Crippen LogP contribution in [-0.4, -0.2) is 29.1 Å². The van der Waals surface area contributed by atoms with Crippen LogP contribution in [0.3, 0.4) is 0 Å². The molecular formula is C52H32N6S. The van der Waals surface area contributed by atoms with Crippen molar-refractivity contribution in [3.8, 4) is 56.9 Å². The monoisotopic (exact) mass is 772 g/mol. The van der Waals surface area contributed by atoms with Crippen molar-refractivity contribution in [2.45, 2.75) is 0 Å². The number of thiophene rings is 1. The fourth-order valence-electron chi connectivity index (χ4n) is 8.56. The van der Waals surface area contributed by atoms with Crippen LogP contribution < -0.4 is 0 Å². The van der Waals surface area contributed by atoms with Crippen LogP contribution in [0, 0.1) is 0 Å². The highest BCUT2D eigenvalue weighted by molar-refractivity contribution is 7.26. The zero-order valence-corrected chi connectivity index (χ0v) is 32.4. The lowest BCUT2D eigenvalue weighted by molar-refractivity contribution is 1.08. The van der Waals surface area contributed by atoms with E-state index in [0.29, 0.717) is 17.5 Å². The lowest BCUT2D eigenvalue weighted by atomic mass is 10.0. The molecule has 8 aromatic carbocycles. The van der Waals surface area contributed by atoms with Crippen LogP contribution in [0.1, 0.15) is 0 Å². The zero-order valence-electron chi connectivity index (χ0n) is 31.6. The van der Waals surface area contributed by atoms with Gasteiger partial charge < -0.3 is 4.57 Å². The lowest BCUT2D eigenvalue weighted by Crippen LogP contribution is -2.01. The second-order valence-corrected chi connectivity index (χ2v) is 15.7. The number of rotatable bonds is 6. The molecule has 0 unspecified atom stereocenters. The summed E-state index contributed by atoms with van der Waals surface area (Å²) >= 11 is 1.78. The Morgan fingerprint density at radius 1 is 0.373 bits per heavy atom. The summed E-state index contributed by atoms with van der Waals surface area (Å²) in [5, 5.41) is 4.64. The SMILES string of the molecule is c1ccc(-c2nc(-c3ccc4c5ccccc5n(-c5ccccc5)c4c3)nc(-c3cccc4sc5c(-c6nc7ccccc7n6-c6ccccc6)cccc5c34)n2)cc1. The molecule has 0 bridgehead atoms. The van der Waals surface area contributed by atoms with E-state index in [4.69, 9.17) is 19.9 Å². The fourth-order valence-corrected chi connectivity index (χ4v) is 9.80. The summed E-state index contributed by atoms with van der Waals surface area (Å²) in [6.07, 6.45) is 0. The number of fused-ring (bicyclic) bond motifs is 7. The Hall–Kier alpha value is -7.74. The van der Waals surface area contributed by atoms with Gasteiger partial charge in [-0.3, -0.25) is 4.57 Å².